The van der Waals surface area contributed by atoms with E-state index in [0.717, 1.165) is 4.90 Å². The van der Waals surface area contributed by atoms with Crippen LogP contribution in [0.15, 0.2) is 70.2 Å². The van der Waals surface area contributed by atoms with Gasteiger partial charge in [0.1, 0.15) is 11.6 Å². The van der Waals surface area contributed by atoms with Crippen LogP contribution in [0.1, 0.15) is 11.3 Å². The van der Waals surface area contributed by atoms with E-state index in [1.807, 2.05) is 0 Å². The highest BCUT2D eigenvalue weighted by atomic mass is 35.5. The van der Waals surface area contributed by atoms with Gasteiger partial charge in [-0.3, -0.25) is 9.59 Å². The first kappa shape index (κ1) is 19.8. The maximum absolute atomic E-state index is 13.4. The molecular weight excluding hydrogens is 436 g/mol. The van der Waals surface area contributed by atoms with E-state index in [-0.39, 0.29) is 15.5 Å². The molecule has 2 heterocycles. The average molecular weight is 448 g/mol. The smallest absolute Gasteiger partial charge is 0.272 e. The van der Waals surface area contributed by atoms with E-state index in [9.17, 15) is 14.0 Å². The first-order valence-electron chi connectivity index (χ1n) is 8.45. The molecule has 1 aromatic heterocycles. The molecule has 0 saturated heterocycles. The van der Waals surface area contributed by atoms with Gasteiger partial charge < -0.3 is 4.42 Å². The first-order valence-corrected chi connectivity index (χ1v) is 10.2. The third-order valence-corrected chi connectivity index (χ3v) is 6.11. The van der Waals surface area contributed by atoms with E-state index in [2.05, 4.69) is 0 Å². The van der Waals surface area contributed by atoms with E-state index >= 15 is 0 Å². The zero-order chi connectivity index (χ0) is 20.5. The first-order chi connectivity index (χ1) is 14.0. The van der Waals surface area contributed by atoms with Crippen LogP contribution in [-0.2, 0) is 15.3 Å². The Morgan fingerprint density at radius 1 is 0.966 bits per heavy atom. The largest absolute Gasteiger partial charge is 0.468 e. The molecule has 146 valence electrons. The lowest BCUT2D eigenvalue weighted by Crippen LogP contribution is -2.31. The Kier molecular flexibility index (Phi) is 5.50. The van der Waals surface area contributed by atoms with Crippen molar-refractivity contribution in [3.63, 3.8) is 0 Å². The van der Waals surface area contributed by atoms with Crippen LogP contribution in [0.5, 0.6) is 0 Å². The molecule has 2 aromatic carbocycles. The van der Waals surface area contributed by atoms with Gasteiger partial charge in [-0.15, -0.1) is 11.8 Å². The van der Waals surface area contributed by atoms with Crippen LogP contribution < -0.4 is 4.90 Å². The van der Waals surface area contributed by atoms with Gasteiger partial charge in [-0.1, -0.05) is 35.3 Å². The minimum absolute atomic E-state index is 0.206. The van der Waals surface area contributed by atoms with Crippen molar-refractivity contribution in [2.24, 2.45) is 0 Å². The molecule has 4 rings (SSSR count). The van der Waals surface area contributed by atoms with Gasteiger partial charge >= 0.3 is 0 Å². The summed E-state index contributed by atoms with van der Waals surface area (Å²) in [5, 5.41) is 0.540. The monoisotopic (exact) mass is 447 g/mol. The van der Waals surface area contributed by atoms with Gasteiger partial charge in [0.05, 0.1) is 38.2 Å². The standard InChI is InChI=1S/C21H12Cl2FNO3S/c22-16-8-7-14(10-17(16)23)25-20(26)18(12-3-5-13(24)6-4-12)19(21(25)27)29-11-15-2-1-9-28-15/h1-10H,11H2. The number of hydrogen-bond donors (Lipinski definition) is 0. The minimum atomic E-state index is -0.512. The van der Waals surface area contributed by atoms with Crippen LogP contribution in [-0.4, -0.2) is 11.8 Å². The molecule has 0 fully saturated rings. The Morgan fingerprint density at radius 2 is 1.72 bits per heavy atom. The molecule has 0 unspecified atom stereocenters. The fourth-order valence-corrected chi connectivity index (χ4v) is 4.22. The number of thioether (sulfide) groups is 1. The highest BCUT2D eigenvalue weighted by Gasteiger charge is 2.40. The van der Waals surface area contributed by atoms with Gasteiger partial charge in [0.2, 0.25) is 0 Å². The van der Waals surface area contributed by atoms with E-state index in [1.54, 1.807) is 18.2 Å². The Labute approximate surface area is 179 Å². The number of furan rings is 1. The second kappa shape index (κ2) is 8.06. The fourth-order valence-electron chi connectivity index (χ4n) is 2.91. The molecule has 3 aromatic rings. The van der Waals surface area contributed by atoms with E-state index in [4.69, 9.17) is 27.6 Å². The Bertz CT molecular complexity index is 1130. The predicted octanol–water partition coefficient (Wildman–Crippen LogP) is 5.94. The molecule has 1 aliphatic rings. The SMILES string of the molecule is O=C1C(SCc2ccco2)=C(c2ccc(F)cc2)C(=O)N1c1ccc(Cl)c(Cl)c1. The number of imide groups is 1. The molecule has 4 nitrogen and oxygen atoms in total. The lowest BCUT2D eigenvalue weighted by molar-refractivity contribution is -0.119. The molecule has 0 N–H and O–H groups in total. The molecule has 0 bridgehead atoms. The predicted molar refractivity (Wildman–Crippen MR) is 112 cm³/mol. The normalized spacial score (nSPS) is 14.2. The summed E-state index contributed by atoms with van der Waals surface area (Å²) in [5.41, 5.74) is 0.967. The number of amides is 2. The molecule has 0 spiro atoms. The molecule has 0 atom stereocenters. The topological polar surface area (TPSA) is 50.5 Å². The number of carbonyl (C=O) groups is 2. The summed E-state index contributed by atoms with van der Waals surface area (Å²) in [6.07, 6.45) is 1.54. The molecule has 0 saturated carbocycles. The Morgan fingerprint density at radius 3 is 2.38 bits per heavy atom. The van der Waals surface area contributed by atoms with Crippen molar-refractivity contribution >= 4 is 58.0 Å². The molecular formula is C21H12Cl2FNO3S. The zero-order valence-corrected chi connectivity index (χ0v) is 17.0. The van der Waals surface area contributed by atoms with Crippen molar-refractivity contribution in [3.8, 4) is 0 Å². The van der Waals surface area contributed by atoms with Gasteiger partial charge in [-0.25, -0.2) is 9.29 Å². The highest BCUT2D eigenvalue weighted by molar-refractivity contribution is 8.03. The average Bonchev–Trinajstić information content (AvgIpc) is 3.30. The van der Waals surface area contributed by atoms with Gasteiger partial charge in [0.25, 0.3) is 11.8 Å². The van der Waals surface area contributed by atoms with Crippen LogP contribution in [0.4, 0.5) is 10.1 Å². The summed E-state index contributed by atoms with van der Waals surface area (Å²) in [6, 6.07) is 13.5. The lowest BCUT2D eigenvalue weighted by Gasteiger charge is -2.16. The number of benzene rings is 2. The summed E-state index contributed by atoms with van der Waals surface area (Å²) in [4.78, 5) is 27.7. The summed E-state index contributed by atoms with van der Waals surface area (Å²) in [5.74, 6) is -0.404. The zero-order valence-electron chi connectivity index (χ0n) is 14.7. The van der Waals surface area contributed by atoms with E-state index in [1.165, 1.54) is 54.4 Å². The van der Waals surface area contributed by atoms with Gasteiger partial charge in [0, 0.05) is 0 Å². The van der Waals surface area contributed by atoms with Crippen molar-refractivity contribution in [2.45, 2.75) is 5.75 Å². The quantitative estimate of drug-likeness (QED) is 0.453. The summed E-state index contributed by atoms with van der Waals surface area (Å²) < 4.78 is 18.7. The van der Waals surface area contributed by atoms with Crippen molar-refractivity contribution in [1.29, 1.82) is 0 Å². The summed E-state index contributed by atoms with van der Waals surface area (Å²) in [6.45, 7) is 0. The van der Waals surface area contributed by atoms with Crippen molar-refractivity contribution in [1.82, 2.24) is 0 Å². The molecule has 2 amide bonds. The van der Waals surface area contributed by atoms with Crippen LogP contribution >= 0.6 is 35.0 Å². The third kappa shape index (κ3) is 3.83. The second-order valence-corrected chi connectivity index (χ2v) is 7.92. The van der Waals surface area contributed by atoms with Crippen molar-refractivity contribution in [3.05, 3.63) is 93.0 Å². The second-order valence-electron chi connectivity index (χ2n) is 6.12. The molecule has 0 radical (unpaired) electrons. The number of rotatable bonds is 5. The lowest BCUT2D eigenvalue weighted by atomic mass is 10.1. The molecule has 0 aliphatic carbocycles. The van der Waals surface area contributed by atoms with Crippen molar-refractivity contribution in [2.75, 3.05) is 4.90 Å². The fraction of sp³-hybridized carbons (Fsp3) is 0.0476. The minimum Gasteiger partial charge on any atom is -0.468 e. The summed E-state index contributed by atoms with van der Waals surface area (Å²) in [7, 11) is 0. The maximum Gasteiger partial charge on any atom is 0.272 e. The summed E-state index contributed by atoms with van der Waals surface area (Å²) >= 11 is 13.2. The number of hydrogen-bond acceptors (Lipinski definition) is 4. The number of nitrogens with zero attached hydrogens (tertiary/aromatic N) is 1. The van der Waals surface area contributed by atoms with Crippen molar-refractivity contribution < 1.29 is 18.4 Å². The van der Waals surface area contributed by atoms with Crippen LogP contribution in [0.2, 0.25) is 10.0 Å². The number of anilines is 1. The van der Waals surface area contributed by atoms with Crippen LogP contribution in [0.3, 0.4) is 0 Å². The van der Waals surface area contributed by atoms with Gasteiger partial charge in [-0.2, -0.15) is 0 Å². The molecule has 1 aliphatic heterocycles. The van der Waals surface area contributed by atoms with Crippen LogP contribution in [0, 0.1) is 5.82 Å². The van der Waals surface area contributed by atoms with Gasteiger partial charge in [0.15, 0.2) is 0 Å². The number of carbonyl (C=O) groups excluding carboxylic acids is 2. The maximum atomic E-state index is 13.4. The molecule has 8 heteroatoms. The molecule has 29 heavy (non-hydrogen) atoms. The number of halogens is 3. The Hall–Kier alpha value is -2.54. The van der Waals surface area contributed by atoms with Gasteiger partial charge in [-0.05, 0) is 48.0 Å². The highest BCUT2D eigenvalue weighted by Crippen LogP contribution is 2.40. The Balaban J connectivity index is 1.76. The third-order valence-electron chi connectivity index (χ3n) is 4.27. The van der Waals surface area contributed by atoms with E-state index < -0.39 is 17.6 Å². The van der Waals surface area contributed by atoms with E-state index in [0.29, 0.717) is 27.8 Å². The van der Waals surface area contributed by atoms with Crippen LogP contribution in [0.25, 0.3) is 5.57 Å².